The van der Waals surface area contributed by atoms with Crippen LogP contribution in [-0.2, 0) is 9.22 Å². The fraction of sp³-hybridized carbons (Fsp3) is 0.812. The lowest BCUT2D eigenvalue weighted by atomic mass is 10.1. The molecule has 0 N–H and O–H groups in total. The van der Waals surface area contributed by atoms with Gasteiger partial charge >= 0.3 is 0 Å². The van der Waals surface area contributed by atoms with Crippen molar-refractivity contribution in [3.05, 3.63) is 12.2 Å². The highest BCUT2D eigenvalue weighted by Crippen LogP contribution is 2.41. The average molecular weight is 385 g/mol. The standard InChI is InChI=1S/C16H30Cl2O2SSi/c1-9-10-13(11-20-22(7,8)15(4,5)6)16(17,18)14(19)21-12(2)3/h9-10,12-13H,11H2,1-8H3/b10-9+/t13-/m1/s1. The monoisotopic (exact) mass is 384 g/mol. The minimum atomic E-state index is -1.91. The van der Waals surface area contributed by atoms with Gasteiger partial charge in [-0.2, -0.15) is 0 Å². The van der Waals surface area contributed by atoms with Crippen molar-refractivity contribution < 1.29 is 9.22 Å². The van der Waals surface area contributed by atoms with Crippen molar-refractivity contribution in [2.45, 2.75) is 69.3 Å². The molecule has 0 amide bonds. The summed E-state index contributed by atoms with van der Waals surface area (Å²) in [5.74, 6) is -0.353. The zero-order chi connectivity index (χ0) is 17.8. The van der Waals surface area contributed by atoms with Crippen LogP contribution in [0.2, 0.25) is 18.1 Å². The van der Waals surface area contributed by atoms with Crippen molar-refractivity contribution in [3.8, 4) is 0 Å². The van der Waals surface area contributed by atoms with Gasteiger partial charge in [0.1, 0.15) is 0 Å². The molecule has 0 aromatic carbocycles. The molecule has 22 heavy (non-hydrogen) atoms. The largest absolute Gasteiger partial charge is 0.416 e. The summed E-state index contributed by atoms with van der Waals surface area (Å²) in [6, 6.07) is 0. The third kappa shape index (κ3) is 6.56. The normalized spacial score (nSPS) is 15.6. The number of hydrogen-bond acceptors (Lipinski definition) is 3. The Hall–Kier alpha value is 0.517. The quantitative estimate of drug-likeness (QED) is 0.303. The van der Waals surface area contributed by atoms with Gasteiger partial charge in [-0.15, -0.1) is 0 Å². The van der Waals surface area contributed by atoms with Crippen LogP contribution in [0.3, 0.4) is 0 Å². The summed E-state index contributed by atoms with van der Waals surface area (Å²) in [5, 5.41) is 0.0375. The highest BCUT2D eigenvalue weighted by Gasteiger charge is 2.44. The summed E-state index contributed by atoms with van der Waals surface area (Å²) in [6.07, 6.45) is 3.73. The number of carbonyl (C=O) groups excluding carboxylic acids is 1. The first-order valence-corrected chi connectivity index (χ1v) is 12.2. The zero-order valence-electron chi connectivity index (χ0n) is 15.0. The number of halogens is 2. The lowest BCUT2D eigenvalue weighted by molar-refractivity contribution is -0.112. The molecule has 1 atom stereocenters. The van der Waals surface area contributed by atoms with Crippen LogP contribution < -0.4 is 0 Å². The first-order chi connectivity index (χ1) is 9.75. The number of thioether (sulfide) groups is 1. The van der Waals surface area contributed by atoms with Crippen molar-refractivity contribution in [1.29, 1.82) is 0 Å². The Morgan fingerprint density at radius 2 is 1.77 bits per heavy atom. The molecule has 0 saturated heterocycles. The van der Waals surface area contributed by atoms with E-state index in [1.54, 1.807) is 0 Å². The Kier molecular flexibility index (Phi) is 8.77. The van der Waals surface area contributed by atoms with E-state index in [2.05, 4.69) is 33.9 Å². The van der Waals surface area contributed by atoms with E-state index < -0.39 is 12.7 Å². The molecule has 0 aliphatic rings. The Balaban J connectivity index is 5.12. The molecule has 0 heterocycles. The van der Waals surface area contributed by atoms with Gasteiger partial charge in [-0.3, -0.25) is 4.79 Å². The molecule has 0 aliphatic carbocycles. The summed E-state index contributed by atoms with van der Waals surface area (Å²) in [7, 11) is -1.91. The SMILES string of the molecule is C/C=C/[C@H](CO[Si](C)(C)C(C)(C)C)C(Cl)(Cl)C(=O)SC(C)C. The van der Waals surface area contributed by atoms with Crippen molar-refractivity contribution in [2.24, 2.45) is 5.92 Å². The Bertz CT molecular complexity index is 401. The lowest BCUT2D eigenvalue weighted by Gasteiger charge is -2.38. The number of hydrogen-bond donors (Lipinski definition) is 0. The maximum absolute atomic E-state index is 12.3. The Morgan fingerprint density at radius 1 is 1.27 bits per heavy atom. The van der Waals surface area contributed by atoms with Crippen molar-refractivity contribution in [3.63, 3.8) is 0 Å². The van der Waals surface area contributed by atoms with Gasteiger partial charge in [0.05, 0.1) is 0 Å². The first kappa shape index (κ1) is 22.5. The lowest BCUT2D eigenvalue weighted by Crippen LogP contribution is -2.44. The van der Waals surface area contributed by atoms with E-state index in [1.165, 1.54) is 11.8 Å². The van der Waals surface area contributed by atoms with Crippen LogP contribution in [0.5, 0.6) is 0 Å². The molecular formula is C16H30Cl2O2SSi. The number of rotatable bonds is 7. The van der Waals surface area contributed by atoms with Crippen LogP contribution in [0.15, 0.2) is 12.2 Å². The second kappa shape index (κ2) is 8.57. The van der Waals surface area contributed by atoms with E-state index in [9.17, 15) is 4.79 Å². The van der Waals surface area contributed by atoms with Crippen LogP contribution in [-0.4, -0.2) is 29.6 Å². The van der Waals surface area contributed by atoms with Crippen LogP contribution in [0, 0.1) is 5.92 Å². The highest BCUT2D eigenvalue weighted by molar-refractivity contribution is 8.14. The van der Waals surface area contributed by atoms with Gasteiger partial charge in [-0.05, 0) is 25.1 Å². The maximum atomic E-state index is 12.3. The van der Waals surface area contributed by atoms with E-state index in [1.807, 2.05) is 32.9 Å². The molecule has 130 valence electrons. The number of carbonyl (C=O) groups is 1. The molecule has 0 bridgehead atoms. The second-order valence-corrected chi connectivity index (χ2v) is 15.0. The fourth-order valence-corrected chi connectivity index (χ4v) is 3.78. The first-order valence-electron chi connectivity index (χ1n) is 7.61. The molecule has 0 unspecified atom stereocenters. The molecule has 0 spiro atoms. The maximum Gasteiger partial charge on any atom is 0.225 e. The van der Waals surface area contributed by atoms with Gasteiger partial charge < -0.3 is 4.43 Å². The summed E-state index contributed by atoms with van der Waals surface area (Å²) in [4.78, 5) is 12.3. The third-order valence-electron chi connectivity index (χ3n) is 3.94. The van der Waals surface area contributed by atoms with Gasteiger partial charge in [0.2, 0.25) is 5.12 Å². The van der Waals surface area contributed by atoms with Crippen molar-refractivity contribution in [1.82, 2.24) is 0 Å². The summed E-state index contributed by atoms with van der Waals surface area (Å²) in [6.45, 7) is 17.0. The minimum Gasteiger partial charge on any atom is -0.416 e. The van der Waals surface area contributed by atoms with Gasteiger partial charge in [0.25, 0.3) is 0 Å². The minimum absolute atomic E-state index is 0.103. The van der Waals surface area contributed by atoms with Gasteiger partial charge in [0, 0.05) is 17.8 Å². The third-order valence-corrected chi connectivity index (χ3v) is 10.6. The molecular weight excluding hydrogens is 355 g/mol. The average Bonchev–Trinajstić information content (AvgIpc) is 2.31. The van der Waals surface area contributed by atoms with Crippen LogP contribution in [0.4, 0.5) is 0 Å². The van der Waals surface area contributed by atoms with Crippen LogP contribution in [0.25, 0.3) is 0 Å². The van der Waals surface area contributed by atoms with E-state index in [4.69, 9.17) is 27.6 Å². The molecule has 0 fully saturated rings. The van der Waals surface area contributed by atoms with Gasteiger partial charge in [-0.1, -0.05) is 81.7 Å². The molecule has 0 saturated carbocycles. The van der Waals surface area contributed by atoms with E-state index >= 15 is 0 Å². The number of allylic oxidation sites excluding steroid dienone is 1. The molecule has 0 aromatic rings. The van der Waals surface area contributed by atoms with Gasteiger partial charge in [0.15, 0.2) is 12.7 Å². The van der Waals surface area contributed by atoms with Crippen molar-refractivity contribution >= 4 is 48.4 Å². The predicted molar refractivity (Wildman–Crippen MR) is 104 cm³/mol. The topological polar surface area (TPSA) is 26.3 Å². The van der Waals surface area contributed by atoms with Crippen LogP contribution in [0.1, 0.15) is 41.5 Å². The molecule has 0 aromatic heterocycles. The molecule has 0 radical (unpaired) electrons. The van der Waals surface area contributed by atoms with E-state index in [-0.39, 0.29) is 21.3 Å². The smallest absolute Gasteiger partial charge is 0.225 e. The number of alkyl halides is 2. The van der Waals surface area contributed by atoms with E-state index in [0.29, 0.717) is 6.61 Å². The summed E-state index contributed by atoms with van der Waals surface area (Å²) in [5.41, 5.74) is 0. The summed E-state index contributed by atoms with van der Waals surface area (Å²) < 4.78 is 4.74. The van der Waals surface area contributed by atoms with Gasteiger partial charge in [-0.25, -0.2) is 0 Å². The Labute approximate surface area is 151 Å². The predicted octanol–water partition coefficient (Wildman–Crippen LogP) is 6.04. The van der Waals surface area contributed by atoms with E-state index in [0.717, 1.165) is 0 Å². The van der Waals surface area contributed by atoms with Crippen LogP contribution >= 0.6 is 35.0 Å². The highest BCUT2D eigenvalue weighted by atomic mass is 35.5. The molecule has 0 rings (SSSR count). The fourth-order valence-electron chi connectivity index (χ4n) is 1.47. The molecule has 2 nitrogen and oxygen atoms in total. The Morgan fingerprint density at radius 3 is 2.14 bits per heavy atom. The van der Waals surface area contributed by atoms with Crippen molar-refractivity contribution in [2.75, 3.05) is 6.61 Å². The zero-order valence-corrected chi connectivity index (χ0v) is 18.3. The summed E-state index contributed by atoms with van der Waals surface area (Å²) >= 11 is 14.0. The molecule has 6 heteroatoms. The second-order valence-electron chi connectivity index (χ2n) is 7.28. The molecule has 0 aliphatic heterocycles.